The van der Waals surface area contributed by atoms with Crippen LogP contribution in [-0.2, 0) is 22.6 Å². The van der Waals surface area contributed by atoms with E-state index in [0.717, 1.165) is 5.82 Å². The lowest BCUT2D eigenvalue weighted by molar-refractivity contribution is 0.608. The minimum Gasteiger partial charge on any atom is -0.336 e. The number of aromatic nitrogens is 4. The van der Waals surface area contributed by atoms with E-state index in [-0.39, 0.29) is 4.90 Å². The third kappa shape index (κ3) is 2.25. The van der Waals surface area contributed by atoms with Crippen LogP contribution < -0.4 is 0 Å². The molecule has 0 bridgehead atoms. The molecule has 0 aromatic carbocycles. The highest BCUT2D eigenvalue weighted by molar-refractivity contribution is 8.13. The predicted octanol–water partition coefficient (Wildman–Crippen LogP) is 0.592. The molecule has 0 spiro atoms. The Morgan fingerprint density at radius 2 is 2.25 bits per heavy atom. The van der Waals surface area contributed by atoms with Crippen molar-refractivity contribution in [2.45, 2.75) is 11.4 Å². The molecule has 0 atom stereocenters. The minimum absolute atomic E-state index is 0.0108. The highest BCUT2D eigenvalue weighted by atomic mass is 35.7. The minimum atomic E-state index is -3.71. The van der Waals surface area contributed by atoms with Crippen molar-refractivity contribution in [3.8, 4) is 0 Å². The second kappa shape index (κ2) is 3.91. The van der Waals surface area contributed by atoms with Crippen LogP contribution in [0.5, 0.6) is 0 Å². The highest BCUT2D eigenvalue weighted by Crippen LogP contribution is 2.13. The zero-order valence-corrected chi connectivity index (χ0v) is 9.98. The van der Waals surface area contributed by atoms with E-state index in [0.29, 0.717) is 6.54 Å². The largest absolute Gasteiger partial charge is 0.336 e. The van der Waals surface area contributed by atoms with Crippen molar-refractivity contribution in [2.24, 2.45) is 7.05 Å². The van der Waals surface area contributed by atoms with E-state index < -0.39 is 9.05 Å². The maximum atomic E-state index is 11.0. The molecule has 0 aliphatic rings. The summed E-state index contributed by atoms with van der Waals surface area (Å²) in [5, 5.41) is 3.90. The molecule has 0 saturated heterocycles. The molecule has 6 nitrogen and oxygen atoms in total. The van der Waals surface area contributed by atoms with Gasteiger partial charge in [0.15, 0.2) is 0 Å². The molecular formula is C8H9ClN4O2S. The van der Waals surface area contributed by atoms with Crippen molar-refractivity contribution in [1.29, 1.82) is 0 Å². The van der Waals surface area contributed by atoms with Crippen molar-refractivity contribution in [1.82, 2.24) is 19.3 Å². The quantitative estimate of drug-likeness (QED) is 0.758. The molecule has 0 radical (unpaired) electrons. The van der Waals surface area contributed by atoms with Gasteiger partial charge in [-0.2, -0.15) is 5.10 Å². The monoisotopic (exact) mass is 260 g/mol. The molecule has 0 aliphatic carbocycles. The first-order valence-corrected chi connectivity index (χ1v) is 6.71. The third-order valence-electron chi connectivity index (χ3n) is 2.12. The van der Waals surface area contributed by atoms with E-state index in [1.54, 1.807) is 12.4 Å². The summed E-state index contributed by atoms with van der Waals surface area (Å²) < 4.78 is 25.3. The summed E-state index contributed by atoms with van der Waals surface area (Å²) >= 11 is 0. The Kier molecular flexibility index (Phi) is 2.73. The molecule has 2 aromatic rings. The molecule has 0 unspecified atom stereocenters. The van der Waals surface area contributed by atoms with Crippen LogP contribution in [0.25, 0.3) is 0 Å². The maximum absolute atomic E-state index is 11.0. The van der Waals surface area contributed by atoms with Crippen LogP contribution in [0.4, 0.5) is 0 Å². The molecular weight excluding hydrogens is 252 g/mol. The van der Waals surface area contributed by atoms with Crippen molar-refractivity contribution < 1.29 is 8.42 Å². The summed E-state index contributed by atoms with van der Waals surface area (Å²) in [7, 11) is 3.33. The molecule has 8 heteroatoms. The second-order valence-electron chi connectivity index (χ2n) is 3.27. The topological polar surface area (TPSA) is 69.8 Å². The molecule has 2 heterocycles. The average Bonchev–Trinajstić information content (AvgIpc) is 2.76. The number of imidazole rings is 1. The fraction of sp³-hybridized carbons (Fsp3) is 0.250. The molecule has 0 saturated carbocycles. The zero-order chi connectivity index (χ0) is 11.8. The van der Waals surface area contributed by atoms with Crippen LogP contribution in [0.2, 0.25) is 0 Å². The third-order valence-corrected chi connectivity index (χ3v) is 3.42. The number of aryl methyl sites for hydroxylation is 1. The number of hydrogen-bond acceptors (Lipinski definition) is 4. The van der Waals surface area contributed by atoms with Gasteiger partial charge in [0.05, 0.1) is 12.7 Å². The number of nitrogens with zero attached hydrogens (tertiary/aromatic N) is 4. The van der Waals surface area contributed by atoms with E-state index in [1.165, 1.54) is 17.1 Å². The number of halogens is 1. The van der Waals surface area contributed by atoms with Crippen LogP contribution in [0, 0.1) is 0 Å². The van der Waals surface area contributed by atoms with Gasteiger partial charge in [-0.25, -0.2) is 13.4 Å². The Bertz CT molecular complexity index is 601. The summed E-state index contributed by atoms with van der Waals surface area (Å²) in [6.07, 6.45) is 6.05. The van der Waals surface area contributed by atoms with Crippen molar-refractivity contribution in [3.63, 3.8) is 0 Å². The van der Waals surface area contributed by atoms with E-state index >= 15 is 0 Å². The van der Waals surface area contributed by atoms with E-state index in [1.807, 2.05) is 11.6 Å². The average molecular weight is 261 g/mol. The zero-order valence-electron chi connectivity index (χ0n) is 8.41. The SMILES string of the molecule is Cn1ccnc1Cn1cc(S(=O)(=O)Cl)cn1. The molecule has 16 heavy (non-hydrogen) atoms. The van der Waals surface area contributed by atoms with Crippen LogP contribution in [0.15, 0.2) is 29.7 Å². The fourth-order valence-corrected chi connectivity index (χ4v) is 1.91. The maximum Gasteiger partial charge on any atom is 0.264 e. The van der Waals surface area contributed by atoms with Crippen molar-refractivity contribution >= 4 is 19.7 Å². The van der Waals surface area contributed by atoms with Crippen LogP contribution in [0.3, 0.4) is 0 Å². The van der Waals surface area contributed by atoms with Gasteiger partial charge < -0.3 is 4.57 Å². The standard InChI is InChI=1S/C8H9ClN4O2S/c1-12-3-2-10-8(12)6-13-5-7(4-11-13)16(9,14)15/h2-5H,6H2,1H3. The highest BCUT2D eigenvalue weighted by Gasteiger charge is 2.13. The molecule has 86 valence electrons. The Balaban J connectivity index is 2.25. The van der Waals surface area contributed by atoms with Crippen LogP contribution in [0.1, 0.15) is 5.82 Å². The summed E-state index contributed by atoms with van der Waals surface area (Å²) in [6.45, 7) is 0.399. The summed E-state index contributed by atoms with van der Waals surface area (Å²) in [4.78, 5) is 4.09. The van der Waals surface area contributed by atoms with Crippen LogP contribution in [-0.4, -0.2) is 27.7 Å². The lowest BCUT2D eigenvalue weighted by Gasteiger charge is -2.00. The molecule has 0 N–H and O–H groups in total. The van der Waals surface area contributed by atoms with E-state index in [9.17, 15) is 8.42 Å². The van der Waals surface area contributed by atoms with Gasteiger partial charge in [-0.1, -0.05) is 0 Å². The van der Waals surface area contributed by atoms with Gasteiger partial charge in [0.2, 0.25) is 0 Å². The van der Waals surface area contributed by atoms with Crippen molar-refractivity contribution in [2.75, 3.05) is 0 Å². The fourth-order valence-electron chi connectivity index (χ4n) is 1.25. The summed E-state index contributed by atoms with van der Waals surface area (Å²) in [6, 6.07) is 0. The summed E-state index contributed by atoms with van der Waals surface area (Å²) in [5.74, 6) is 0.779. The Hall–Kier alpha value is -1.34. The Labute approximate surface area is 96.9 Å². The first kappa shape index (κ1) is 11.2. The first-order valence-electron chi connectivity index (χ1n) is 4.40. The molecule has 2 aromatic heterocycles. The van der Waals surface area contributed by atoms with Crippen molar-refractivity contribution in [3.05, 3.63) is 30.6 Å². The number of hydrogen-bond donors (Lipinski definition) is 0. The molecule has 2 rings (SSSR count). The normalized spacial score (nSPS) is 11.9. The van der Waals surface area contributed by atoms with E-state index in [4.69, 9.17) is 10.7 Å². The lowest BCUT2D eigenvalue weighted by Crippen LogP contribution is -2.05. The van der Waals surface area contributed by atoms with E-state index in [2.05, 4.69) is 10.1 Å². The van der Waals surface area contributed by atoms with Gasteiger partial charge in [0.1, 0.15) is 10.7 Å². The van der Waals surface area contributed by atoms with Gasteiger partial charge >= 0.3 is 0 Å². The summed E-state index contributed by atoms with van der Waals surface area (Å²) in [5.41, 5.74) is 0. The first-order chi connectivity index (χ1) is 7.47. The second-order valence-corrected chi connectivity index (χ2v) is 5.83. The number of rotatable bonds is 3. The molecule has 0 aliphatic heterocycles. The molecule has 0 fully saturated rings. The van der Waals surface area contributed by atoms with Gasteiger partial charge in [-0.15, -0.1) is 0 Å². The smallest absolute Gasteiger partial charge is 0.264 e. The van der Waals surface area contributed by atoms with Gasteiger partial charge in [-0.05, 0) is 0 Å². The van der Waals surface area contributed by atoms with Gasteiger partial charge in [0, 0.05) is 36.3 Å². The lowest BCUT2D eigenvalue weighted by atomic mass is 10.6. The van der Waals surface area contributed by atoms with Gasteiger partial charge in [-0.3, -0.25) is 4.68 Å². The Morgan fingerprint density at radius 3 is 2.75 bits per heavy atom. The predicted molar refractivity (Wildman–Crippen MR) is 57.6 cm³/mol. The van der Waals surface area contributed by atoms with Gasteiger partial charge in [0.25, 0.3) is 9.05 Å². The van der Waals surface area contributed by atoms with Crippen LogP contribution >= 0.6 is 10.7 Å². The molecule has 0 amide bonds. The Morgan fingerprint density at radius 1 is 1.50 bits per heavy atom.